The van der Waals surface area contributed by atoms with Crippen molar-refractivity contribution in [1.29, 1.82) is 0 Å². The molecule has 2 rings (SSSR count). The van der Waals surface area contributed by atoms with E-state index < -0.39 is 7.26 Å². The average Bonchev–Trinajstić information content (AvgIpc) is 2.39. The largest absolute Gasteiger partial charge is 0.107 e. The third kappa shape index (κ3) is 2.30. The summed E-state index contributed by atoms with van der Waals surface area (Å²) in [5, 5.41) is 0. The predicted octanol–water partition coefficient (Wildman–Crippen LogP) is 3.33. The van der Waals surface area contributed by atoms with Gasteiger partial charge in [-0.3, -0.25) is 0 Å². The molecule has 0 aromatic carbocycles. The predicted molar refractivity (Wildman–Crippen MR) is 66.3 cm³/mol. The topological polar surface area (TPSA) is 0 Å². The minimum absolute atomic E-state index is 0. The van der Waals surface area contributed by atoms with Gasteiger partial charge in [0.25, 0.3) is 0 Å². The third-order valence-corrected chi connectivity index (χ3v) is 9.24. The molecule has 2 aliphatic heterocycles. The summed E-state index contributed by atoms with van der Waals surface area (Å²) >= 11 is 0. The second-order valence-electron chi connectivity index (χ2n) is 4.27. The van der Waals surface area contributed by atoms with E-state index in [0.29, 0.717) is 0 Å². The normalized spacial score (nSPS) is 31.3. The van der Waals surface area contributed by atoms with Crippen molar-refractivity contribution in [3.63, 3.8) is 0 Å². The van der Waals surface area contributed by atoms with Crippen LogP contribution in [0.15, 0.2) is 0 Å². The number of halogens is 1. The third-order valence-electron chi connectivity index (χ3n) is 3.58. The summed E-state index contributed by atoms with van der Waals surface area (Å²) in [5.74, 6) is 0. The molecule has 2 saturated heterocycles. The van der Waals surface area contributed by atoms with Crippen molar-refractivity contribution in [2.24, 2.45) is 0 Å². The first-order valence-electron chi connectivity index (χ1n) is 4.91. The molecule has 0 aromatic heterocycles. The molecular formula is C9H20IP. The maximum absolute atomic E-state index is 1.70. The number of rotatable bonds is 0. The molecule has 0 atom stereocenters. The second-order valence-corrected chi connectivity index (χ2v) is 9.27. The smallest absolute Gasteiger partial charge is 0.107 e. The molecule has 0 amide bonds. The minimum Gasteiger partial charge on any atom is -0.107 e. The Morgan fingerprint density at radius 3 is 1.36 bits per heavy atom. The van der Waals surface area contributed by atoms with Gasteiger partial charge in [0.05, 0.1) is 0 Å². The van der Waals surface area contributed by atoms with E-state index in [1.165, 1.54) is 0 Å². The van der Waals surface area contributed by atoms with Crippen LogP contribution in [-0.2, 0) is 0 Å². The summed E-state index contributed by atoms with van der Waals surface area (Å²) in [4.78, 5) is 0. The molecule has 1 spiro atoms. The van der Waals surface area contributed by atoms with Gasteiger partial charge in [0.1, 0.15) is 0 Å². The second kappa shape index (κ2) is 4.41. The fourth-order valence-corrected chi connectivity index (χ4v) is 8.43. The van der Waals surface area contributed by atoms with Crippen LogP contribution in [-0.4, -0.2) is 24.6 Å². The summed E-state index contributed by atoms with van der Waals surface area (Å²) in [7, 11) is -0.519. The Hall–Kier alpha value is 1.16. The number of hydrogen-bond donors (Lipinski definition) is 0. The van der Waals surface area contributed by atoms with Crippen LogP contribution in [0, 0.1) is 0 Å². The first kappa shape index (κ1) is 10.2. The zero-order valence-corrected chi connectivity index (χ0v) is 10.6. The molecule has 0 saturated carbocycles. The summed E-state index contributed by atoms with van der Waals surface area (Å²) in [6.45, 7) is 0. The van der Waals surface area contributed by atoms with Crippen LogP contribution in [0.2, 0.25) is 0 Å². The molecular weight excluding hydrogens is 266 g/mol. The summed E-state index contributed by atoms with van der Waals surface area (Å²) in [6.07, 6.45) is 14.7. The van der Waals surface area contributed by atoms with E-state index in [1.807, 2.05) is 0 Å². The van der Waals surface area contributed by atoms with Gasteiger partial charge in [-0.2, -0.15) is 0 Å². The molecule has 11 heavy (non-hydrogen) atoms. The molecule has 0 unspecified atom stereocenters. The van der Waals surface area contributed by atoms with E-state index in [0.717, 1.165) is 0 Å². The van der Waals surface area contributed by atoms with E-state index >= 15 is 0 Å². The van der Waals surface area contributed by atoms with Crippen LogP contribution in [0.5, 0.6) is 0 Å². The van der Waals surface area contributed by atoms with Gasteiger partial charge < -0.3 is 0 Å². The maximum atomic E-state index is 1.70. The van der Waals surface area contributed by atoms with E-state index in [9.17, 15) is 0 Å². The molecule has 2 heterocycles. The summed E-state index contributed by atoms with van der Waals surface area (Å²) in [6, 6.07) is 0. The Morgan fingerprint density at radius 2 is 0.909 bits per heavy atom. The summed E-state index contributed by atoms with van der Waals surface area (Å²) in [5.41, 5.74) is 0. The molecule has 2 fully saturated rings. The molecule has 0 bridgehead atoms. The monoisotopic (exact) mass is 286 g/mol. The van der Waals surface area contributed by atoms with Gasteiger partial charge in [0, 0.05) is 0 Å². The van der Waals surface area contributed by atoms with Crippen LogP contribution < -0.4 is 0 Å². The fraction of sp³-hybridized carbons (Fsp3) is 1.00. The quantitative estimate of drug-likeness (QED) is 0.473. The molecule has 0 aliphatic carbocycles. The van der Waals surface area contributed by atoms with Gasteiger partial charge in [-0.1, -0.05) is 0 Å². The molecule has 0 N–H and O–H groups in total. The van der Waals surface area contributed by atoms with Gasteiger partial charge in [0.2, 0.25) is 0 Å². The van der Waals surface area contributed by atoms with Gasteiger partial charge in [-0.25, -0.2) is 0 Å². The van der Waals surface area contributed by atoms with E-state index in [4.69, 9.17) is 0 Å². The van der Waals surface area contributed by atoms with Crippen LogP contribution >= 0.6 is 31.2 Å². The Bertz CT molecular complexity index is 111. The zero-order valence-electron chi connectivity index (χ0n) is 7.27. The van der Waals surface area contributed by atoms with Gasteiger partial charge in [-0.15, -0.1) is 24.0 Å². The van der Waals surface area contributed by atoms with Crippen LogP contribution in [0.25, 0.3) is 0 Å². The van der Waals surface area contributed by atoms with E-state index in [2.05, 4.69) is 0 Å². The minimum atomic E-state index is -0.519. The van der Waals surface area contributed by atoms with E-state index in [-0.39, 0.29) is 24.0 Å². The molecule has 2 heteroatoms. The van der Waals surface area contributed by atoms with Gasteiger partial charge >= 0.3 is 64.0 Å². The molecule has 0 radical (unpaired) electrons. The van der Waals surface area contributed by atoms with Crippen molar-refractivity contribution < 1.29 is 0 Å². The van der Waals surface area contributed by atoms with Crippen molar-refractivity contribution in [3.8, 4) is 0 Å². The molecule has 2 aliphatic rings. The Morgan fingerprint density at radius 1 is 0.545 bits per heavy atom. The zero-order chi connectivity index (χ0) is 6.86. The Labute approximate surface area is 87.9 Å². The van der Waals surface area contributed by atoms with Crippen molar-refractivity contribution >= 4 is 31.2 Å². The van der Waals surface area contributed by atoms with Crippen molar-refractivity contribution in [2.45, 2.75) is 32.1 Å². The first-order valence-corrected chi connectivity index (χ1v) is 7.74. The maximum Gasteiger partial charge on any atom is -0.107 e. The SMILES string of the molecule is C1CC[PH]2(CC1)CCCC2.I. The molecule has 0 aromatic rings. The number of hydrogen-bond acceptors (Lipinski definition) is 0. The molecule has 0 nitrogen and oxygen atoms in total. The van der Waals surface area contributed by atoms with Crippen molar-refractivity contribution in [2.75, 3.05) is 24.6 Å². The first-order chi connectivity index (χ1) is 4.91. The van der Waals surface area contributed by atoms with E-state index in [1.54, 1.807) is 56.8 Å². The Kier molecular flexibility index (Phi) is 4.11. The standard InChI is InChI=1S/C9H19P.HI/c1-2-6-10(7-3-1)8-4-5-9-10;/h10H,1-9H2;1H. The Balaban J connectivity index is 0.000000605. The molecule has 68 valence electrons. The van der Waals surface area contributed by atoms with Crippen LogP contribution in [0.1, 0.15) is 32.1 Å². The van der Waals surface area contributed by atoms with Gasteiger partial charge in [-0.05, 0) is 0 Å². The average molecular weight is 286 g/mol. The van der Waals surface area contributed by atoms with Crippen LogP contribution in [0.3, 0.4) is 0 Å². The van der Waals surface area contributed by atoms with Gasteiger partial charge in [0.15, 0.2) is 0 Å². The summed E-state index contributed by atoms with van der Waals surface area (Å²) < 4.78 is 0. The van der Waals surface area contributed by atoms with Crippen LogP contribution in [0.4, 0.5) is 0 Å². The van der Waals surface area contributed by atoms with Crippen molar-refractivity contribution in [3.05, 3.63) is 0 Å². The van der Waals surface area contributed by atoms with Crippen molar-refractivity contribution in [1.82, 2.24) is 0 Å². The fourth-order valence-electron chi connectivity index (χ4n) is 2.93.